The van der Waals surface area contributed by atoms with Gasteiger partial charge in [0.15, 0.2) is 0 Å². The van der Waals surface area contributed by atoms with E-state index >= 15 is 0 Å². The normalized spacial score (nSPS) is 25.6. The Morgan fingerprint density at radius 3 is 3.09 bits per heavy atom. The highest BCUT2D eigenvalue weighted by atomic mass is 32.2. The number of rotatable bonds is 2. The van der Waals surface area contributed by atoms with Gasteiger partial charge in [0.1, 0.15) is 0 Å². The van der Waals surface area contributed by atoms with Crippen LogP contribution in [0.5, 0.6) is 0 Å². The lowest BCUT2D eigenvalue weighted by Gasteiger charge is -2.46. The van der Waals surface area contributed by atoms with Crippen molar-refractivity contribution < 1.29 is 4.79 Å². The third-order valence-electron chi connectivity index (χ3n) is 4.73. The van der Waals surface area contributed by atoms with Crippen molar-refractivity contribution in [3.63, 3.8) is 0 Å². The predicted octanol–water partition coefficient (Wildman–Crippen LogP) is 2.75. The van der Waals surface area contributed by atoms with Crippen LogP contribution in [0.4, 0.5) is 10.5 Å². The van der Waals surface area contributed by atoms with Crippen molar-refractivity contribution in [3.8, 4) is 0 Å². The van der Waals surface area contributed by atoms with E-state index in [1.165, 1.54) is 6.42 Å². The number of hydrogen-bond donors (Lipinski definition) is 1. The molecule has 22 heavy (non-hydrogen) atoms. The molecule has 2 aliphatic heterocycles. The lowest BCUT2D eigenvalue weighted by Crippen LogP contribution is -2.56. The summed E-state index contributed by atoms with van der Waals surface area (Å²) in [6.07, 6.45) is 7.16. The van der Waals surface area contributed by atoms with E-state index in [2.05, 4.69) is 27.1 Å². The van der Waals surface area contributed by atoms with Gasteiger partial charge < -0.3 is 15.1 Å². The van der Waals surface area contributed by atoms with Crippen LogP contribution in [-0.4, -0.2) is 59.8 Å². The van der Waals surface area contributed by atoms with Gasteiger partial charge in [-0.1, -0.05) is 0 Å². The molecule has 0 aliphatic carbocycles. The monoisotopic (exact) mass is 320 g/mol. The largest absolute Gasteiger partial charge is 0.322 e. The molecule has 2 fully saturated rings. The smallest absolute Gasteiger partial charge is 0.321 e. The average molecular weight is 320 g/mol. The van der Waals surface area contributed by atoms with Crippen LogP contribution in [0.3, 0.4) is 0 Å². The second-order valence-corrected chi connectivity index (χ2v) is 7.06. The highest BCUT2D eigenvalue weighted by Gasteiger charge is 2.37. The average Bonchev–Trinajstić information content (AvgIpc) is 2.54. The van der Waals surface area contributed by atoms with Gasteiger partial charge in [-0.2, -0.15) is 0 Å². The molecule has 2 amide bonds. The number of urea groups is 1. The molecule has 3 heterocycles. The summed E-state index contributed by atoms with van der Waals surface area (Å²) in [5, 5.41) is 3.98. The standard InChI is InChI=1S/C16H24N4OS/c1-19-9-6-14-12(11-19)4-3-8-20(14)16(21)18-13-5-7-17-15(10-13)22-2/h5,7,10,12,14H,3-4,6,8-9,11H2,1-2H3,(H,17,18,21)/t12-,14+/m0/s1. The van der Waals surface area contributed by atoms with E-state index in [4.69, 9.17) is 0 Å². The molecule has 1 aromatic heterocycles. The van der Waals surface area contributed by atoms with Gasteiger partial charge in [0.05, 0.1) is 5.03 Å². The van der Waals surface area contributed by atoms with E-state index in [-0.39, 0.29) is 6.03 Å². The van der Waals surface area contributed by atoms with E-state index in [1.54, 1.807) is 18.0 Å². The van der Waals surface area contributed by atoms with Gasteiger partial charge in [0, 0.05) is 31.0 Å². The Labute approximate surface area is 136 Å². The lowest BCUT2D eigenvalue weighted by molar-refractivity contribution is 0.0579. The number of pyridine rings is 1. The summed E-state index contributed by atoms with van der Waals surface area (Å²) in [7, 11) is 2.18. The maximum atomic E-state index is 12.7. The van der Waals surface area contributed by atoms with Gasteiger partial charge in [-0.05, 0) is 57.2 Å². The van der Waals surface area contributed by atoms with Crippen molar-refractivity contribution in [2.24, 2.45) is 5.92 Å². The van der Waals surface area contributed by atoms with Gasteiger partial charge in [-0.3, -0.25) is 0 Å². The predicted molar refractivity (Wildman–Crippen MR) is 90.4 cm³/mol. The van der Waals surface area contributed by atoms with Gasteiger partial charge in [-0.25, -0.2) is 9.78 Å². The Kier molecular flexibility index (Phi) is 4.88. The minimum absolute atomic E-state index is 0.0394. The first-order valence-corrected chi connectivity index (χ1v) is 9.16. The van der Waals surface area contributed by atoms with Crippen LogP contribution >= 0.6 is 11.8 Å². The number of fused-ring (bicyclic) bond motifs is 1. The molecule has 0 aromatic carbocycles. The zero-order chi connectivity index (χ0) is 15.5. The molecule has 2 saturated heterocycles. The summed E-state index contributed by atoms with van der Waals surface area (Å²) in [5.74, 6) is 0.623. The van der Waals surface area contributed by atoms with Crippen LogP contribution < -0.4 is 5.32 Å². The fourth-order valence-electron chi connectivity index (χ4n) is 3.63. The van der Waals surface area contributed by atoms with E-state index in [0.29, 0.717) is 12.0 Å². The van der Waals surface area contributed by atoms with E-state index < -0.39 is 0 Å². The summed E-state index contributed by atoms with van der Waals surface area (Å²) < 4.78 is 0. The quantitative estimate of drug-likeness (QED) is 0.851. The fraction of sp³-hybridized carbons (Fsp3) is 0.625. The van der Waals surface area contributed by atoms with E-state index in [0.717, 1.165) is 43.2 Å². The van der Waals surface area contributed by atoms with Crippen LogP contribution in [0, 0.1) is 5.92 Å². The number of amides is 2. The van der Waals surface area contributed by atoms with Gasteiger partial charge in [-0.15, -0.1) is 11.8 Å². The molecule has 0 saturated carbocycles. The van der Waals surface area contributed by atoms with Crippen molar-refractivity contribution in [2.45, 2.75) is 30.3 Å². The summed E-state index contributed by atoms with van der Waals surface area (Å²) in [5.41, 5.74) is 0.833. The number of nitrogens with zero attached hydrogens (tertiary/aromatic N) is 3. The number of aromatic nitrogens is 1. The number of carbonyl (C=O) groups excluding carboxylic acids is 1. The molecule has 3 rings (SSSR count). The molecule has 2 atom stereocenters. The van der Waals surface area contributed by atoms with Crippen LogP contribution in [0.2, 0.25) is 0 Å². The minimum Gasteiger partial charge on any atom is -0.321 e. The third-order valence-corrected chi connectivity index (χ3v) is 5.37. The van der Waals surface area contributed by atoms with Crippen molar-refractivity contribution >= 4 is 23.5 Å². The Balaban J connectivity index is 1.68. The zero-order valence-corrected chi connectivity index (χ0v) is 14.1. The SMILES string of the molecule is CSc1cc(NC(=O)N2CCC[C@H]3CN(C)CC[C@H]32)ccn1. The molecular formula is C16H24N4OS. The van der Waals surface area contributed by atoms with Crippen molar-refractivity contribution in [1.82, 2.24) is 14.8 Å². The Hall–Kier alpha value is -1.27. The molecule has 0 unspecified atom stereocenters. The highest BCUT2D eigenvalue weighted by molar-refractivity contribution is 7.98. The van der Waals surface area contributed by atoms with Crippen LogP contribution in [-0.2, 0) is 0 Å². The van der Waals surface area contributed by atoms with Crippen molar-refractivity contribution in [3.05, 3.63) is 18.3 Å². The summed E-state index contributed by atoms with van der Waals surface area (Å²) >= 11 is 1.58. The molecule has 0 bridgehead atoms. The molecule has 0 spiro atoms. The molecule has 1 aromatic rings. The molecule has 6 heteroatoms. The number of anilines is 1. The van der Waals surface area contributed by atoms with Crippen LogP contribution in [0.25, 0.3) is 0 Å². The topological polar surface area (TPSA) is 48.5 Å². The lowest BCUT2D eigenvalue weighted by atomic mass is 9.84. The Morgan fingerprint density at radius 1 is 1.41 bits per heavy atom. The zero-order valence-electron chi connectivity index (χ0n) is 13.3. The number of piperidine rings is 2. The van der Waals surface area contributed by atoms with Crippen LogP contribution in [0.15, 0.2) is 23.4 Å². The van der Waals surface area contributed by atoms with Gasteiger partial charge in [0.2, 0.25) is 0 Å². The molecule has 1 N–H and O–H groups in total. The number of thioether (sulfide) groups is 1. The first kappa shape index (κ1) is 15.6. The number of carbonyl (C=O) groups is 1. The number of hydrogen-bond acceptors (Lipinski definition) is 4. The van der Waals surface area contributed by atoms with E-state index in [1.807, 2.05) is 18.4 Å². The maximum Gasteiger partial charge on any atom is 0.322 e. The molecule has 120 valence electrons. The minimum atomic E-state index is 0.0394. The summed E-state index contributed by atoms with van der Waals surface area (Å²) in [6, 6.07) is 4.22. The number of nitrogens with one attached hydrogen (secondary N) is 1. The fourth-order valence-corrected chi connectivity index (χ4v) is 4.04. The Morgan fingerprint density at radius 2 is 2.27 bits per heavy atom. The summed E-state index contributed by atoms with van der Waals surface area (Å²) in [6.45, 7) is 3.06. The second-order valence-electron chi connectivity index (χ2n) is 6.23. The van der Waals surface area contributed by atoms with Gasteiger partial charge >= 0.3 is 6.03 Å². The summed E-state index contributed by atoms with van der Waals surface area (Å²) in [4.78, 5) is 21.4. The van der Waals surface area contributed by atoms with Crippen molar-refractivity contribution in [1.29, 1.82) is 0 Å². The molecule has 5 nitrogen and oxygen atoms in total. The van der Waals surface area contributed by atoms with Crippen molar-refractivity contribution in [2.75, 3.05) is 38.3 Å². The highest BCUT2D eigenvalue weighted by Crippen LogP contribution is 2.30. The maximum absolute atomic E-state index is 12.7. The van der Waals surface area contributed by atoms with Gasteiger partial charge in [0.25, 0.3) is 0 Å². The molecule has 0 radical (unpaired) electrons. The molecule has 2 aliphatic rings. The number of likely N-dealkylation sites (tertiary alicyclic amines) is 2. The first-order chi connectivity index (χ1) is 10.7. The van der Waals surface area contributed by atoms with Crippen LogP contribution in [0.1, 0.15) is 19.3 Å². The Bertz CT molecular complexity index is 539. The second kappa shape index (κ2) is 6.87. The van der Waals surface area contributed by atoms with E-state index in [9.17, 15) is 4.79 Å². The molecular weight excluding hydrogens is 296 g/mol. The first-order valence-electron chi connectivity index (χ1n) is 7.93. The third kappa shape index (κ3) is 3.38.